The lowest BCUT2D eigenvalue weighted by Gasteiger charge is -2.35. The monoisotopic (exact) mass is 291 g/mol. The van der Waals surface area contributed by atoms with Crippen LogP contribution in [0.1, 0.15) is 16.8 Å². The fraction of sp³-hybridized carbons (Fsp3) is 0.400. The molecule has 3 rings (SSSR count). The molecule has 0 radical (unpaired) electrons. The Kier molecular flexibility index (Phi) is 3.74. The molecule has 2 heterocycles. The van der Waals surface area contributed by atoms with Gasteiger partial charge in [0.2, 0.25) is 0 Å². The molecule has 106 valence electrons. The number of hydrogen-bond donors (Lipinski definition) is 2. The molecule has 1 aromatic heterocycles. The zero-order chi connectivity index (χ0) is 14.1. The normalized spacial score (nSPS) is 23.2. The number of carbonyl (C=O) groups excluding carboxylic acids is 1. The van der Waals surface area contributed by atoms with Crippen LogP contribution in [0.25, 0.3) is 10.1 Å². The molecule has 2 N–H and O–H groups in total. The number of piperidine rings is 1. The first-order valence-corrected chi connectivity index (χ1v) is 7.63. The van der Waals surface area contributed by atoms with Gasteiger partial charge in [0, 0.05) is 41.1 Å². The van der Waals surface area contributed by atoms with E-state index in [1.165, 1.54) is 0 Å². The summed E-state index contributed by atoms with van der Waals surface area (Å²) in [5.74, 6) is -0.142. The second kappa shape index (κ2) is 5.52. The van der Waals surface area contributed by atoms with Crippen molar-refractivity contribution in [1.82, 2.24) is 4.90 Å². The van der Waals surface area contributed by atoms with E-state index in [4.69, 9.17) is 5.11 Å². The molecule has 0 saturated carbocycles. The van der Waals surface area contributed by atoms with Crippen molar-refractivity contribution in [1.29, 1.82) is 0 Å². The minimum absolute atomic E-state index is 0.0232. The molecule has 1 fully saturated rings. The standard InChI is InChI=1S/C15H17NO3S/c17-8-10-5-6-16(7-13(10)18)15(19)12-9-20-14-4-2-1-3-11(12)14/h1-4,9-10,13,17-18H,5-8H2/t10-,13+/m1/s1. The largest absolute Gasteiger partial charge is 0.396 e. The topological polar surface area (TPSA) is 60.8 Å². The summed E-state index contributed by atoms with van der Waals surface area (Å²) in [5.41, 5.74) is 0.709. The van der Waals surface area contributed by atoms with Crippen molar-refractivity contribution >= 4 is 27.3 Å². The number of benzene rings is 1. The Morgan fingerprint density at radius 1 is 1.40 bits per heavy atom. The summed E-state index contributed by atoms with van der Waals surface area (Å²) in [7, 11) is 0. The summed E-state index contributed by atoms with van der Waals surface area (Å²) in [6.07, 6.45) is 0.00784. The maximum atomic E-state index is 12.6. The zero-order valence-corrected chi connectivity index (χ0v) is 11.8. The number of likely N-dealkylation sites (tertiary alicyclic amines) is 1. The predicted molar refractivity (Wildman–Crippen MR) is 78.9 cm³/mol. The Morgan fingerprint density at radius 2 is 2.20 bits per heavy atom. The zero-order valence-electron chi connectivity index (χ0n) is 11.0. The van der Waals surface area contributed by atoms with Crippen LogP contribution in [0.4, 0.5) is 0 Å². The highest BCUT2D eigenvalue weighted by molar-refractivity contribution is 7.17. The lowest BCUT2D eigenvalue weighted by atomic mass is 9.94. The number of nitrogens with zero attached hydrogens (tertiary/aromatic N) is 1. The third-order valence-electron chi connectivity index (χ3n) is 3.95. The third-order valence-corrected chi connectivity index (χ3v) is 4.92. The van der Waals surface area contributed by atoms with Gasteiger partial charge in [0.05, 0.1) is 11.7 Å². The van der Waals surface area contributed by atoms with E-state index in [2.05, 4.69) is 0 Å². The van der Waals surface area contributed by atoms with Crippen molar-refractivity contribution in [2.24, 2.45) is 5.92 Å². The number of β-amino-alcohol motifs (C(OH)–C–C–N with tert-alkyl or cyclic N) is 1. The Hall–Kier alpha value is -1.43. The lowest BCUT2D eigenvalue weighted by molar-refractivity contribution is 0.000969. The van der Waals surface area contributed by atoms with Gasteiger partial charge in [0.1, 0.15) is 0 Å². The SMILES string of the molecule is O=C(c1csc2ccccc12)N1CC[C@H](CO)[C@@H](O)C1. The van der Waals surface area contributed by atoms with Crippen LogP contribution in [-0.4, -0.2) is 46.8 Å². The van der Waals surface area contributed by atoms with Crippen molar-refractivity contribution in [2.45, 2.75) is 12.5 Å². The van der Waals surface area contributed by atoms with E-state index in [1.807, 2.05) is 29.6 Å². The van der Waals surface area contributed by atoms with E-state index in [1.54, 1.807) is 16.2 Å². The summed E-state index contributed by atoms with van der Waals surface area (Å²) in [5, 5.41) is 22.0. The summed E-state index contributed by atoms with van der Waals surface area (Å²) < 4.78 is 1.10. The van der Waals surface area contributed by atoms with Crippen molar-refractivity contribution < 1.29 is 15.0 Å². The smallest absolute Gasteiger partial charge is 0.255 e. The van der Waals surface area contributed by atoms with Gasteiger partial charge in [-0.15, -0.1) is 11.3 Å². The number of thiophene rings is 1. The number of fused-ring (bicyclic) bond motifs is 1. The van der Waals surface area contributed by atoms with E-state index < -0.39 is 6.10 Å². The minimum Gasteiger partial charge on any atom is -0.396 e. The van der Waals surface area contributed by atoms with Crippen molar-refractivity contribution in [3.63, 3.8) is 0 Å². The van der Waals surface area contributed by atoms with Gasteiger partial charge in [-0.2, -0.15) is 0 Å². The molecule has 2 aromatic rings. The van der Waals surface area contributed by atoms with Crippen LogP contribution in [0.15, 0.2) is 29.6 Å². The maximum absolute atomic E-state index is 12.6. The number of rotatable bonds is 2. The highest BCUT2D eigenvalue weighted by Crippen LogP contribution is 2.28. The van der Waals surface area contributed by atoms with Crippen LogP contribution < -0.4 is 0 Å². The van der Waals surface area contributed by atoms with Crippen molar-refractivity contribution in [3.8, 4) is 0 Å². The fourth-order valence-electron chi connectivity index (χ4n) is 2.69. The average molecular weight is 291 g/mol. The Bertz CT molecular complexity index is 624. The third kappa shape index (κ3) is 2.32. The molecule has 1 aliphatic heterocycles. The van der Waals surface area contributed by atoms with Gasteiger partial charge in [-0.1, -0.05) is 18.2 Å². The summed E-state index contributed by atoms with van der Waals surface area (Å²) in [4.78, 5) is 14.3. The summed E-state index contributed by atoms with van der Waals surface area (Å²) in [6.45, 7) is 0.865. The molecule has 1 aliphatic rings. The first-order valence-electron chi connectivity index (χ1n) is 6.75. The van der Waals surface area contributed by atoms with Crippen molar-refractivity contribution in [2.75, 3.05) is 19.7 Å². The molecule has 1 saturated heterocycles. The number of aliphatic hydroxyl groups excluding tert-OH is 2. The number of carbonyl (C=O) groups is 1. The van der Waals surface area contributed by atoms with Gasteiger partial charge in [-0.05, 0) is 12.5 Å². The Morgan fingerprint density at radius 3 is 2.95 bits per heavy atom. The van der Waals surface area contributed by atoms with Crippen molar-refractivity contribution in [3.05, 3.63) is 35.2 Å². The van der Waals surface area contributed by atoms with E-state index in [0.717, 1.165) is 10.1 Å². The van der Waals surface area contributed by atoms with Gasteiger partial charge < -0.3 is 15.1 Å². The Balaban J connectivity index is 1.83. The second-order valence-electron chi connectivity index (χ2n) is 5.20. The molecule has 20 heavy (non-hydrogen) atoms. The van der Waals surface area contributed by atoms with Crippen LogP contribution in [0.5, 0.6) is 0 Å². The second-order valence-corrected chi connectivity index (χ2v) is 6.11. The van der Waals surface area contributed by atoms with Gasteiger partial charge >= 0.3 is 0 Å². The quantitative estimate of drug-likeness (QED) is 0.885. The van der Waals surface area contributed by atoms with Crippen LogP contribution in [0, 0.1) is 5.92 Å². The number of aliphatic hydroxyl groups is 2. The molecule has 4 nitrogen and oxygen atoms in total. The first kappa shape index (κ1) is 13.5. The van der Waals surface area contributed by atoms with Crippen LogP contribution >= 0.6 is 11.3 Å². The van der Waals surface area contributed by atoms with E-state index in [9.17, 15) is 9.90 Å². The van der Waals surface area contributed by atoms with E-state index in [0.29, 0.717) is 25.1 Å². The number of amides is 1. The summed E-state index contributed by atoms with van der Waals surface area (Å²) in [6, 6.07) is 7.85. The molecule has 0 spiro atoms. The predicted octanol–water partition coefficient (Wildman–Crippen LogP) is 1.72. The van der Waals surface area contributed by atoms with Gasteiger partial charge in [-0.3, -0.25) is 4.79 Å². The van der Waals surface area contributed by atoms with Crippen LogP contribution in [0.2, 0.25) is 0 Å². The molecule has 0 bridgehead atoms. The van der Waals surface area contributed by atoms with Gasteiger partial charge in [0.25, 0.3) is 5.91 Å². The highest BCUT2D eigenvalue weighted by atomic mass is 32.1. The molecular weight excluding hydrogens is 274 g/mol. The molecule has 0 aliphatic carbocycles. The van der Waals surface area contributed by atoms with Gasteiger partial charge in [0.15, 0.2) is 0 Å². The van der Waals surface area contributed by atoms with Crippen LogP contribution in [0.3, 0.4) is 0 Å². The van der Waals surface area contributed by atoms with Crippen LogP contribution in [-0.2, 0) is 0 Å². The average Bonchev–Trinajstić information content (AvgIpc) is 2.90. The molecular formula is C15H17NO3S. The summed E-state index contributed by atoms with van der Waals surface area (Å²) >= 11 is 1.56. The first-order chi connectivity index (χ1) is 9.70. The highest BCUT2D eigenvalue weighted by Gasteiger charge is 2.30. The maximum Gasteiger partial charge on any atom is 0.255 e. The molecule has 1 aromatic carbocycles. The fourth-order valence-corrected chi connectivity index (χ4v) is 3.63. The molecule has 5 heteroatoms. The van der Waals surface area contributed by atoms with Gasteiger partial charge in [-0.25, -0.2) is 0 Å². The number of hydrogen-bond acceptors (Lipinski definition) is 4. The lowest BCUT2D eigenvalue weighted by Crippen LogP contribution is -2.47. The van der Waals surface area contributed by atoms with E-state index >= 15 is 0 Å². The minimum atomic E-state index is -0.636. The van der Waals surface area contributed by atoms with E-state index in [-0.39, 0.29) is 18.4 Å². The molecule has 0 unspecified atom stereocenters. The molecule has 1 amide bonds. The molecule has 2 atom stereocenters. The Labute approximate surface area is 121 Å².